The van der Waals surface area contributed by atoms with Crippen molar-refractivity contribution in [3.05, 3.63) is 65.3 Å². The third-order valence-electron chi connectivity index (χ3n) is 4.63. The zero-order chi connectivity index (χ0) is 21.1. The molecule has 0 aliphatic rings. The lowest BCUT2D eigenvalue weighted by Gasteiger charge is -2.08. The number of nitrogens with zero attached hydrogens (tertiary/aromatic N) is 3. The van der Waals surface area contributed by atoms with Gasteiger partial charge in [-0.15, -0.1) is 11.3 Å². The van der Waals surface area contributed by atoms with Crippen LogP contribution in [0, 0.1) is 11.3 Å². The summed E-state index contributed by atoms with van der Waals surface area (Å²) in [6, 6.07) is 14.5. The van der Waals surface area contributed by atoms with Crippen molar-refractivity contribution in [3.8, 4) is 28.8 Å². The quantitative estimate of drug-likeness (QED) is 0.509. The van der Waals surface area contributed by atoms with E-state index in [9.17, 15) is 10.1 Å². The maximum Gasteiger partial charge on any atom is 0.230 e. The summed E-state index contributed by atoms with van der Waals surface area (Å²) in [5.41, 5.74) is 3.28. The molecule has 1 amide bonds. The molecule has 30 heavy (non-hydrogen) atoms. The number of benzene rings is 2. The minimum absolute atomic E-state index is 0.158. The average Bonchev–Trinajstić information content (AvgIpc) is 3.35. The minimum atomic E-state index is -0.202. The van der Waals surface area contributed by atoms with Crippen molar-refractivity contribution in [1.29, 1.82) is 5.26 Å². The van der Waals surface area contributed by atoms with E-state index >= 15 is 0 Å². The molecule has 0 aliphatic heterocycles. The number of anilines is 1. The van der Waals surface area contributed by atoms with E-state index in [1.165, 1.54) is 11.3 Å². The number of aromatic nitrogens is 2. The molecule has 1 N–H and O–H groups in total. The Morgan fingerprint density at radius 1 is 1.23 bits per heavy atom. The topological polar surface area (TPSA) is 88.6 Å². The molecule has 0 saturated heterocycles. The Balaban J connectivity index is 1.61. The zero-order valence-corrected chi connectivity index (χ0v) is 17.2. The third-order valence-corrected chi connectivity index (χ3v) is 5.52. The second kappa shape index (κ2) is 8.27. The lowest BCUT2D eigenvalue weighted by molar-refractivity contribution is -0.115. The number of para-hydroxylation sites is 1. The highest BCUT2D eigenvalue weighted by Gasteiger charge is 2.16. The maximum absolute atomic E-state index is 12.6. The first-order valence-corrected chi connectivity index (χ1v) is 9.97. The summed E-state index contributed by atoms with van der Waals surface area (Å²) < 4.78 is 12.7. The highest BCUT2D eigenvalue weighted by molar-refractivity contribution is 7.15. The van der Waals surface area contributed by atoms with E-state index in [-0.39, 0.29) is 12.3 Å². The largest absolute Gasteiger partial charge is 0.497 e. The van der Waals surface area contributed by atoms with Crippen LogP contribution in [0.1, 0.15) is 11.3 Å². The molecule has 2 aromatic heterocycles. The number of fused-ring (bicyclic) bond motifs is 1. The lowest BCUT2D eigenvalue weighted by atomic mass is 10.1. The highest BCUT2D eigenvalue weighted by atomic mass is 32.1. The number of rotatable bonds is 6. The Bertz CT molecular complexity index is 1270. The van der Waals surface area contributed by atoms with Crippen LogP contribution in [0.5, 0.6) is 11.5 Å². The number of hydrogen-bond donors (Lipinski definition) is 1. The Morgan fingerprint density at radius 3 is 2.83 bits per heavy atom. The molecule has 7 nitrogen and oxygen atoms in total. The van der Waals surface area contributed by atoms with E-state index in [4.69, 9.17) is 9.47 Å². The first kappa shape index (κ1) is 19.5. The zero-order valence-electron chi connectivity index (χ0n) is 16.4. The van der Waals surface area contributed by atoms with Crippen LogP contribution in [0.4, 0.5) is 5.69 Å². The van der Waals surface area contributed by atoms with Crippen LogP contribution in [-0.2, 0) is 11.2 Å². The molecule has 0 aliphatic carbocycles. The number of hydrogen-bond acceptors (Lipinski definition) is 6. The second-order valence-electron chi connectivity index (χ2n) is 6.45. The summed E-state index contributed by atoms with van der Waals surface area (Å²) in [6.45, 7) is 0. The van der Waals surface area contributed by atoms with Gasteiger partial charge in [0.05, 0.1) is 37.6 Å². The van der Waals surface area contributed by atoms with Crippen LogP contribution in [0.3, 0.4) is 0 Å². The van der Waals surface area contributed by atoms with Gasteiger partial charge in [0.15, 0.2) is 4.96 Å². The predicted octanol–water partition coefficient (Wildman–Crippen LogP) is 4.13. The molecular weight excluding hydrogens is 400 g/mol. The standard InChI is InChI=1S/C22H18N4O3S/c1-28-16-7-8-20(29-2)17(10-16)19-12-26-15(13-30-22(26)25-19)9-21(27)24-18-6-4-3-5-14(18)11-23/h3-8,10,12-13H,9H2,1-2H3,(H,24,27). The molecule has 0 radical (unpaired) electrons. The number of carbonyl (C=O) groups excluding carboxylic acids is 1. The molecule has 0 fully saturated rings. The van der Waals surface area contributed by atoms with E-state index in [0.717, 1.165) is 21.9 Å². The first-order valence-electron chi connectivity index (χ1n) is 9.09. The lowest BCUT2D eigenvalue weighted by Crippen LogP contribution is -2.16. The number of nitriles is 1. The summed E-state index contributed by atoms with van der Waals surface area (Å²) in [4.78, 5) is 18.0. The molecule has 0 atom stereocenters. The van der Waals surface area contributed by atoms with Crippen molar-refractivity contribution in [2.24, 2.45) is 0 Å². The Hall–Kier alpha value is -3.83. The van der Waals surface area contributed by atoms with Crippen LogP contribution in [0.2, 0.25) is 0 Å². The fourth-order valence-corrected chi connectivity index (χ4v) is 4.02. The Kier molecular flexibility index (Phi) is 5.37. The molecule has 2 aromatic carbocycles. The fraction of sp³-hybridized carbons (Fsp3) is 0.136. The normalized spacial score (nSPS) is 10.6. The van der Waals surface area contributed by atoms with Gasteiger partial charge in [-0.2, -0.15) is 5.26 Å². The first-order chi connectivity index (χ1) is 14.6. The number of carbonyl (C=O) groups is 1. The van der Waals surface area contributed by atoms with Gasteiger partial charge in [0.2, 0.25) is 5.91 Å². The molecule has 150 valence electrons. The molecular formula is C22H18N4O3S. The van der Waals surface area contributed by atoms with Gasteiger partial charge in [-0.1, -0.05) is 12.1 Å². The van der Waals surface area contributed by atoms with Crippen molar-refractivity contribution in [1.82, 2.24) is 9.38 Å². The Labute approximate surface area is 177 Å². The van der Waals surface area contributed by atoms with Gasteiger partial charge in [-0.25, -0.2) is 4.98 Å². The second-order valence-corrected chi connectivity index (χ2v) is 7.29. The van der Waals surface area contributed by atoms with E-state index < -0.39 is 0 Å². The van der Waals surface area contributed by atoms with Crippen molar-refractivity contribution in [2.75, 3.05) is 19.5 Å². The summed E-state index contributed by atoms with van der Waals surface area (Å²) in [7, 11) is 3.22. The average molecular weight is 418 g/mol. The maximum atomic E-state index is 12.6. The molecule has 4 rings (SSSR count). The van der Waals surface area contributed by atoms with E-state index in [1.54, 1.807) is 38.5 Å². The minimum Gasteiger partial charge on any atom is -0.497 e. The SMILES string of the molecule is COc1ccc(OC)c(-c2cn3c(CC(=O)Nc4ccccc4C#N)csc3n2)c1. The van der Waals surface area contributed by atoms with Gasteiger partial charge >= 0.3 is 0 Å². The number of methoxy groups -OCH3 is 2. The monoisotopic (exact) mass is 418 g/mol. The van der Waals surface area contributed by atoms with Gasteiger partial charge in [0, 0.05) is 22.8 Å². The number of nitrogens with one attached hydrogen (secondary N) is 1. The number of amides is 1. The summed E-state index contributed by atoms with van der Waals surface area (Å²) in [5.74, 6) is 1.19. The number of thiazole rings is 1. The van der Waals surface area contributed by atoms with E-state index in [0.29, 0.717) is 22.7 Å². The molecule has 0 saturated carbocycles. The van der Waals surface area contributed by atoms with Crippen molar-refractivity contribution < 1.29 is 14.3 Å². The number of imidazole rings is 1. The molecule has 8 heteroatoms. The van der Waals surface area contributed by atoms with Crippen LogP contribution >= 0.6 is 11.3 Å². The predicted molar refractivity (Wildman–Crippen MR) is 115 cm³/mol. The van der Waals surface area contributed by atoms with Crippen LogP contribution in [0.15, 0.2) is 54.0 Å². The molecule has 0 bridgehead atoms. The van der Waals surface area contributed by atoms with Crippen molar-refractivity contribution in [2.45, 2.75) is 6.42 Å². The van der Waals surface area contributed by atoms with Crippen LogP contribution < -0.4 is 14.8 Å². The third kappa shape index (κ3) is 3.71. The fourth-order valence-electron chi connectivity index (χ4n) is 3.15. The highest BCUT2D eigenvalue weighted by Crippen LogP contribution is 2.34. The molecule has 2 heterocycles. The van der Waals surface area contributed by atoms with Crippen molar-refractivity contribution >= 4 is 27.9 Å². The molecule has 0 spiro atoms. The van der Waals surface area contributed by atoms with Gasteiger partial charge < -0.3 is 14.8 Å². The van der Waals surface area contributed by atoms with E-state index in [2.05, 4.69) is 16.4 Å². The Morgan fingerprint density at radius 2 is 2.07 bits per heavy atom. The number of ether oxygens (including phenoxy) is 2. The smallest absolute Gasteiger partial charge is 0.230 e. The van der Waals surface area contributed by atoms with E-state index in [1.807, 2.05) is 34.2 Å². The van der Waals surface area contributed by atoms with Gasteiger partial charge in [-0.05, 0) is 30.3 Å². The van der Waals surface area contributed by atoms with Crippen LogP contribution in [0.25, 0.3) is 16.2 Å². The van der Waals surface area contributed by atoms with Crippen molar-refractivity contribution in [3.63, 3.8) is 0 Å². The van der Waals surface area contributed by atoms with Gasteiger partial charge in [0.25, 0.3) is 0 Å². The molecule has 0 unspecified atom stereocenters. The van der Waals surface area contributed by atoms with Gasteiger partial charge in [-0.3, -0.25) is 9.20 Å². The summed E-state index contributed by atoms with van der Waals surface area (Å²) in [6.07, 6.45) is 2.04. The van der Waals surface area contributed by atoms with Crippen LogP contribution in [-0.4, -0.2) is 29.5 Å². The molecule has 4 aromatic rings. The summed E-state index contributed by atoms with van der Waals surface area (Å²) in [5, 5.41) is 13.9. The van der Waals surface area contributed by atoms with Gasteiger partial charge in [0.1, 0.15) is 17.6 Å². The summed E-state index contributed by atoms with van der Waals surface area (Å²) >= 11 is 1.46.